The first-order chi connectivity index (χ1) is 6.66. The van der Waals surface area contributed by atoms with E-state index in [2.05, 4.69) is 24.0 Å². The van der Waals surface area contributed by atoms with Gasteiger partial charge in [-0.15, -0.1) is 11.8 Å². The lowest BCUT2D eigenvalue weighted by molar-refractivity contribution is 0.412. The standard InChI is InChI=1S/C8H11ClN2OS2/c1-4-5(2)14-6(3-13-4)7-10-8(9)12-11-7/h4-6H,3H2,1-2H3. The smallest absolute Gasteiger partial charge is 0.320 e. The van der Waals surface area contributed by atoms with Crippen LogP contribution in [0, 0.1) is 0 Å². The first-order valence-electron chi connectivity index (χ1n) is 4.43. The van der Waals surface area contributed by atoms with Gasteiger partial charge >= 0.3 is 5.35 Å². The van der Waals surface area contributed by atoms with Crippen molar-refractivity contribution in [1.82, 2.24) is 10.1 Å². The van der Waals surface area contributed by atoms with Gasteiger partial charge in [-0.1, -0.05) is 19.0 Å². The molecule has 1 aromatic rings. The summed E-state index contributed by atoms with van der Waals surface area (Å²) in [5, 5.41) is 5.62. The highest BCUT2D eigenvalue weighted by atomic mass is 35.5. The van der Waals surface area contributed by atoms with Crippen LogP contribution in [0.2, 0.25) is 5.35 Å². The number of hydrogen-bond donors (Lipinski definition) is 0. The first kappa shape index (κ1) is 10.6. The molecule has 0 bridgehead atoms. The average molecular weight is 251 g/mol. The van der Waals surface area contributed by atoms with Crippen LogP contribution in [0.3, 0.4) is 0 Å². The fraction of sp³-hybridized carbons (Fsp3) is 0.750. The minimum absolute atomic E-state index is 0.136. The van der Waals surface area contributed by atoms with Gasteiger partial charge in [0.05, 0.1) is 5.25 Å². The Morgan fingerprint density at radius 2 is 2.21 bits per heavy atom. The molecule has 0 N–H and O–H groups in total. The molecule has 0 amide bonds. The Morgan fingerprint density at radius 1 is 1.43 bits per heavy atom. The monoisotopic (exact) mass is 250 g/mol. The van der Waals surface area contributed by atoms with Crippen LogP contribution in [0.4, 0.5) is 0 Å². The summed E-state index contributed by atoms with van der Waals surface area (Å²) in [5.41, 5.74) is 0. The molecule has 2 heterocycles. The van der Waals surface area contributed by atoms with Crippen LogP contribution in [0.25, 0.3) is 0 Å². The van der Waals surface area contributed by atoms with Gasteiger partial charge in [-0.25, -0.2) is 0 Å². The second kappa shape index (κ2) is 4.33. The molecule has 1 saturated heterocycles. The highest BCUT2D eigenvalue weighted by Crippen LogP contribution is 2.43. The predicted octanol–water partition coefficient (Wildman–Crippen LogP) is 3.02. The quantitative estimate of drug-likeness (QED) is 0.766. The Labute approximate surface area is 96.3 Å². The van der Waals surface area contributed by atoms with Crippen molar-refractivity contribution in [1.29, 1.82) is 0 Å². The molecular weight excluding hydrogens is 240 g/mol. The number of rotatable bonds is 1. The molecule has 14 heavy (non-hydrogen) atoms. The molecule has 1 aromatic heterocycles. The van der Waals surface area contributed by atoms with Crippen LogP contribution < -0.4 is 0 Å². The summed E-state index contributed by atoms with van der Waals surface area (Å²) in [6.45, 7) is 4.48. The lowest BCUT2D eigenvalue weighted by Gasteiger charge is -2.29. The summed E-state index contributed by atoms with van der Waals surface area (Å²) in [4.78, 5) is 4.05. The van der Waals surface area contributed by atoms with E-state index in [1.54, 1.807) is 0 Å². The molecule has 0 radical (unpaired) electrons. The average Bonchev–Trinajstić information content (AvgIpc) is 2.57. The Hall–Kier alpha value is 0.130. The molecule has 3 nitrogen and oxygen atoms in total. The normalized spacial score (nSPS) is 33.2. The summed E-state index contributed by atoms with van der Waals surface area (Å²) < 4.78 is 4.76. The lowest BCUT2D eigenvalue weighted by Crippen LogP contribution is -2.22. The van der Waals surface area contributed by atoms with Crippen molar-refractivity contribution in [3.05, 3.63) is 11.2 Å². The predicted molar refractivity (Wildman–Crippen MR) is 61.0 cm³/mol. The van der Waals surface area contributed by atoms with Gasteiger partial charge in [0.15, 0.2) is 5.82 Å². The molecule has 3 atom stereocenters. The van der Waals surface area contributed by atoms with Gasteiger partial charge in [-0.3, -0.25) is 0 Å². The zero-order valence-electron chi connectivity index (χ0n) is 7.94. The molecule has 1 fully saturated rings. The summed E-state index contributed by atoms with van der Waals surface area (Å²) in [5.74, 6) is 1.76. The first-order valence-corrected chi connectivity index (χ1v) is 6.80. The van der Waals surface area contributed by atoms with Gasteiger partial charge in [0.1, 0.15) is 0 Å². The Morgan fingerprint density at radius 3 is 2.79 bits per heavy atom. The fourth-order valence-electron chi connectivity index (χ4n) is 1.27. The molecule has 78 valence electrons. The second-order valence-corrected chi connectivity index (χ2v) is 6.59. The largest absolute Gasteiger partial charge is 0.321 e. The van der Waals surface area contributed by atoms with Crippen molar-refractivity contribution in [3.63, 3.8) is 0 Å². The molecule has 2 rings (SSSR count). The molecule has 1 aliphatic rings. The molecule has 0 saturated carbocycles. The number of aromatic nitrogens is 2. The third kappa shape index (κ3) is 2.20. The van der Waals surface area contributed by atoms with E-state index in [0.29, 0.717) is 15.7 Å². The van der Waals surface area contributed by atoms with Crippen LogP contribution in [-0.2, 0) is 0 Å². The fourth-order valence-corrected chi connectivity index (χ4v) is 4.22. The molecule has 6 heteroatoms. The van der Waals surface area contributed by atoms with E-state index in [9.17, 15) is 0 Å². The molecule has 3 unspecified atom stereocenters. The Bertz CT molecular complexity index is 320. The Balaban J connectivity index is 2.06. The molecular formula is C8H11ClN2OS2. The second-order valence-electron chi connectivity index (χ2n) is 3.27. The maximum absolute atomic E-state index is 5.59. The maximum Gasteiger partial charge on any atom is 0.320 e. The van der Waals surface area contributed by atoms with Crippen molar-refractivity contribution in [2.75, 3.05) is 5.75 Å². The summed E-state index contributed by atoms with van der Waals surface area (Å²) in [7, 11) is 0. The van der Waals surface area contributed by atoms with E-state index in [1.807, 2.05) is 23.5 Å². The van der Waals surface area contributed by atoms with E-state index in [1.165, 1.54) is 0 Å². The Kier molecular flexibility index (Phi) is 3.29. The van der Waals surface area contributed by atoms with Crippen molar-refractivity contribution < 1.29 is 4.52 Å². The van der Waals surface area contributed by atoms with Crippen LogP contribution in [0.1, 0.15) is 24.9 Å². The zero-order valence-corrected chi connectivity index (χ0v) is 10.3. The van der Waals surface area contributed by atoms with Gasteiger partial charge < -0.3 is 4.52 Å². The molecule has 0 spiro atoms. The van der Waals surface area contributed by atoms with Crippen LogP contribution in [0.15, 0.2) is 4.52 Å². The minimum Gasteiger partial charge on any atom is -0.321 e. The zero-order chi connectivity index (χ0) is 10.1. The van der Waals surface area contributed by atoms with Crippen LogP contribution in [-0.4, -0.2) is 26.4 Å². The van der Waals surface area contributed by atoms with Gasteiger partial charge in [0.25, 0.3) is 0 Å². The summed E-state index contributed by atoms with van der Waals surface area (Å²) in [6, 6.07) is 0. The number of halogens is 1. The van der Waals surface area contributed by atoms with E-state index in [0.717, 1.165) is 11.6 Å². The van der Waals surface area contributed by atoms with Crippen LogP contribution >= 0.6 is 35.1 Å². The number of hydrogen-bond acceptors (Lipinski definition) is 5. The van der Waals surface area contributed by atoms with E-state index in [-0.39, 0.29) is 5.35 Å². The van der Waals surface area contributed by atoms with Crippen molar-refractivity contribution in [2.24, 2.45) is 0 Å². The van der Waals surface area contributed by atoms with Crippen molar-refractivity contribution >= 4 is 35.1 Å². The van der Waals surface area contributed by atoms with Gasteiger partial charge in [0.2, 0.25) is 0 Å². The van der Waals surface area contributed by atoms with Crippen molar-refractivity contribution in [2.45, 2.75) is 29.6 Å². The highest BCUT2D eigenvalue weighted by Gasteiger charge is 2.29. The third-order valence-electron chi connectivity index (χ3n) is 2.26. The SMILES string of the molecule is CC1SCC(c2noc(Cl)n2)SC1C. The van der Waals surface area contributed by atoms with Crippen LogP contribution in [0.5, 0.6) is 0 Å². The summed E-state index contributed by atoms with van der Waals surface area (Å²) >= 11 is 9.44. The summed E-state index contributed by atoms with van der Waals surface area (Å²) in [6.07, 6.45) is 0. The maximum atomic E-state index is 5.59. The molecule has 0 aliphatic carbocycles. The molecule has 1 aliphatic heterocycles. The van der Waals surface area contributed by atoms with Crippen molar-refractivity contribution in [3.8, 4) is 0 Å². The topological polar surface area (TPSA) is 38.9 Å². The number of nitrogens with zero attached hydrogens (tertiary/aromatic N) is 2. The lowest BCUT2D eigenvalue weighted by atomic mass is 10.4. The highest BCUT2D eigenvalue weighted by molar-refractivity contribution is 8.07. The van der Waals surface area contributed by atoms with E-state index in [4.69, 9.17) is 16.1 Å². The van der Waals surface area contributed by atoms with Gasteiger partial charge in [-0.2, -0.15) is 16.7 Å². The number of thioether (sulfide) groups is 2. The van der Waals surface area contributed by atoms with Gasteiger partial charge in [0, 0.05) is 16.3 Å². The van der Waals surface area contributed by atoms with Gasteiger partial charge in [-0.05, 0) is 11.6 Å². The third-order valence-corrected chi connectivity index (χ3v) is 5.80. The van der Waals surface area contributed by atoms with E-state index < -0.39 is 0 Å². The molecule has 0 aromatic carbocycles. The minimum atomic E-state index is 0.136. The van der Waals surface area contributed by atoms with E-state index >= 15 is 0 Å².